The molecule has 1 aliphatic heterocycles. The molecule has 0 aromatic carbocycles. The molecule has 2 aromatic heterocycles. The molecule has 1 aliphatic rings. The lowest BCUT2D eigenvalue weighted by atomic mass is 9.98. The van der Waals surface area contributed by atoms with Crippen molar-refractivity contribution in [2.45, 2.75) is 58.8 Å². The van der Waals surface area contributed by atoms with E-state index in [2.05, 4.69) is 36.1 Å². The van der Waals surface area contributed by atoms with Crippen molar-refractivity contribution < 1.29 is 18.0 Å². The third-order valence-electron chi connectivity index (χ3n) is 5.58. The molecule has 0 amide bonds. The lowest BCUT2D eigenvalue weighted by molar-refractivity contribution is -0.138. The number of aryl methyl sites for hydroxylation is 1. The Labute approximate surface area is 181 Å². The Hall–Kier alpha value is -2.48. The van der Waals surface area contributed by atoms with E-state index in [-0.39, 0.29) is 17.6 Å². The van der Waals surface area contributed by atoms with Crippen molar-refractivity contribution >= 4 is 11.6 Å². The van der Waals surface area contributed by atoms with Gasteiger partial charge in [-0.25, -0.2) is 4.98 Å². The number of anilines is 1. The van der Waals surface area contributed by atoms with Crippen molar-refractivity contribution in [3.63, 3.8) is 0 Å². The topological polar surface area (TPSA) is 58.1 Å². The zero-order valence-electron chi connectivity index (χ0n) is 18.3. The fourth-order valence-electron chi connectivity index (χ4n) is 4.07. The number of hydrogen-bond donors (Lipinski definition) is 1. The van der Waals surface area contributed by atoms with Crippen LogP contribution in [-0.4, -0.2) is 40.9 Å². The van der Waals surface area contributed by atoms with Crippen LogP contribution < -0.4 is 10.2 Å². The molecule has 2 atom stereocenters. The van der Waals surface area contributed by atoms with E-state index in [1.807, 2.05) is 4.90 Å². The molecule has 8 heteroatoms. The zero-order chi connectivity index (χ0) is 22.8. The SMILES string of the molecule is CC[C@H]1CN(c2ccc(C(F)(F)F)c(C(=O)c3cccnc3C)n2)C[C@H](CC(C)C)N1. The first-order valence-corrected chi connectivity index (χ1v) is 10.7. The van der Waals surface area contributed by atoms with Crippen LogP contribution in [0.3, 0.4) is 0 Å². The molecule has 0 bridgehead atoms. The monoisotopic (exact) mass is 434 g/mol. The molecule has 0 radical (unpaired) electrons. The number of piperazine rings is 1. The highest BCUT2D eigenvalue weighted by Gasteiger charge is 2.38. The number of carbonyl (C=O) groups excluding carboxylic acids is 1. The molecule has 3 heterocycles. The van der Waals surface area contributed by atoms with Crippen LogP contribution in [-0.2, 0) is 6.18 Å². The number of rotatable bonds is 6. The second-order valence-corrected chi connectivity index (χ2v) is 8.53. The van der Waals surface area contributed by atoms with Gasteiger partial charge in [0.15, 0.2) is 0 Å². The quantitative estimate of drug-likeness (QED) is 0.672. The van der Waals surface area contributed by atoms with Crippen LogP contribution in [0, 0.1) is 12.8 Å². The summed E-state index contributed by atoms with van der Waals surface area (Å²) in [4.78, 5) is 23.4. The van der Waals surface area contributed by atoms with Crippen molar-refractivity contribution in [1.29, 1.82) is 0 Å². The normalized spacial score (nSPS) is 19.7. The van der Waals surface area contributed by atoms with E-state index < -0.39 is 23.2 Å². The number of nitrogens with zero attached hydrogens (tertiary/aromatic N) is 3. The van der Waals surface area contributed by atoms with Crippen molar-refractivity contribution in [2.24, 2.45) is 5.92 Å². The Morgan fingerprint density at radius 2 is 1.94 bits per heavy atom. The van der Waals surface area contributed by atoms with E-state index in [4.69, 9.17) is 0 Å². The smallest absolute Gasteiger partial charge is 0.353 e. The zero-order valence-corrected chi connectivity index (χ0v) is 18.3. The van der Waals surface area contributed by atoms with Gasteiger partial charge in [0.2, 0.25) is 5.78 Å². The number of aromatic nitrogens is 2. The van der Waals surface area contributed by atoms with Gasteiger partial charge in [0.1, 0.15) is 11.5 Å². The van der Waals surface area contributed by atoms with Gasteiger partial charge in [-0.15, -0.1) is 0 Å². The fourth-order valence-corrected chi connectivity index (χ4v) is 4.07. The molecule has 0 spiro atoms. The molecule has 5 nitrogen and oxygen atoms in total. The standard InChI is InChI=1S/C23H29F3N4O/c1-5-16-12-30(13-17(28-16)11-14(2)3)20-9-8-19(23(24,25)26)21(29-20)22(31)18-7-6-10-27-15(18)4/h6-10,14,16-17,28H,5,11-13H2,1-4H3/t16-,17-/m0/s1. The minimum absolute atomic E-state index is 0.127. The number of carbonyl (C=O) groups is 1. The largest absolute Gasteiger partial charge is 0.418 e. The van der Waals surface area contributed by atoms with E-state index in [1.165, 1.54) is 24.4 Å². The highest BCUT2D eigenvalue weighted by Crippen LogP contribution is 2.34. The van der Waals surface area contributed by atoms with Crippen LogP contribution in [0.25, 0.3) is 0 Å². The number of ketones is 1. The minimum atomic E-state index is -4.68. The van der Waals surface area contributed by atoms with Gasteiger partial charge < -0.3 is 10.2 Å². The van der Waals surface area contributed by atoms with Crippen LogP contribution in [0.1, 0.15) is 60.9 Å². The Morgan fingerprint density at radius 1 is 1.23 bits per heavy atom. The van der Waals surface area contributed by atoms with E-state index >= 15 is 0 Å². The van der Waals surface area contributed by atoms with Gasteiger partial charge >= 0.3 is 6.18 Å². The molecule has 168 valence electrons. The lowest BCUT2D eigenvalue weighted by Gasteiger charge is -2.40. The molecule has 0 aliphatic carbocycles. The number of pyridine rings is 2. The third kappa shape index (κ3) is 5.42. The molecule has 1 saturated heterocycles. The van der Waals surface area contributed by atoms with Crippen LogP contribution in [0.15, 0.2) is 30.5 Å². The van der Waals surface area contributed by atoms with E-state index in [0.29, 0.717) is 30.5 Å². The Kier molecular flexibility index (Phi) is 6.99. The van der Waals surface area contributed by atoms with Crippen LogP contribution in [0.5, 0.6) is 0 Å². The van der Waals surface area contributed by atoms with Crippen molar-refractivity contribution in [3.8, 4) is 0 Å². The van der Waals surface area contributed by atoms with Crippen molar-refractivity contribution in [3.05, 3.63) is 53.0 Å². The second-order valence-electron chi connectivity index (χ2n) is 8.53. The summed E-state index contributed by atoms with van der Waals surface area (Å²) in [5.74, 6) is 0.119. The van der Waals surface area contributed by atoms with Gasteiger partial charge in [-0.05, 0) is 49.9 Å². The molecule has 31 heavy (non-hydrogen) atoms. The fraction of sp³-hybridized carbons (Fsp3) is 0.522. The molecule has 0 saturated carbocycles. The molecular weight excluding hydrogens is 405 g/mol. The van der Waals surface area contributed by atoms with Gasteiger partial charge in [0.05, 0.1) is 5.56 Å². The van der Waals surface area contributed by atoms with Gasteiger partial charge in [0.25, 0.3) is 0 Å². The summed E-state index contributed by atoms with van der Waals surface area (Å²) in [5.41, 5.74) is -1.10. The van der Waals surface area contributed by atoms with Crippen LogP contribution in [0.2, 0.25) is 0 Å². The van der Waals surface area contributed by atoms with E-state index in [9.17, 15) is 18.0 Å². The van der Waals surface area contributed by atoms with Gasteiger partial charge in [-0.3, -0.25) is 9.78 Å². The molecule has 1 N–H and O–H groups in total. The van der Waals surface area contributed by atoms with E-state index in [0.717, 1.165) is 18.9 Å². The predicted octanol–water partition coefficient (Wildman–Crippen LogP) is 4.64. The number of hydrogen-bond acceptors (Lipinski definition) is 5. The van der Waals surface area contributed by atoms with Crippen molar-refractivity contribution in [2.75, 3.05) is 18.0 Å². The summed E-state index contributed by atoms with van der Waals surface area (Å²) in [5, 5.41) is 3.62. The summed E-state index contributed by atoms with van der Waals surface area (Å²) in [6.07, 6.45) is -1.33. The highest BCUT2D eigenvalue weighted by molar-refractivity contribution is 6.09. The number of nitrogens with one attached hydrogen (secondary N) is 1. The third-order valence-corrected chi connectivity index (χ3v) is 5.58. The summed E-state index contributed by atoms with van der Waals surface area (Å²) in [6, 6.07) is 5.79. The first-order chi connectivity index (χ1) is 14.6. The molecule has 0 unspecified atom stereocenters. The summed E-state index contributed by atoms with van der Waals surface area (Å²) in [7, 11) is 0. The van der Waals surface area contributed by atoms with Gasteiger partial charge in [-0.2, -0.15) is 13.2 Å². The predicted molar refractivity (Wildman–Crippen MR) is 114 cm³/mol. The van der Waals surface area contributed by atoms with Gasteiger partial charge in [-0.1, -0.05) is 20.8 Å². The first kappa shape index (κ1) is 23.2. The molecular formula is C23H29F3N4O. The second kappa shape index (κ2) is 9.34. The van der Waals surface area contributed by atoms with Crippen molar-refractivity contribution in [1.82, 2.24) is 15.3 Å². The summed E-state index contributed by atoms with van der Waals surface area (Å²) in [6.45, 7) is 9.22. The average molecular weight is 435 g/mol. The van der Waals surface area contributed by atoms with E-state index in [1.54, 1.807) is 6.92 Å². The first-order valence-electron chi connectivity index (χ1n) is 10.7. The number of alkyl halides is 3. The Balaban J connectivity index is 2.01. The summed E-state index contributed by atoms with van der Waals surface area (Å²) < 4.78 is 41.1. The Bertz CT molecular complexity index is 929. The van der Waals surface area contributed by atoms with Crippen LogP contribution in [0.4, 0.5) is 19.0 Å². The maximum atomic E-state index is 13.7. The molecule has 1 fully saturated rings. The summed E-state index contributed by atoms with van der Waals surface area (Å²) >= 11 is 0. The number of halogens is 3. The minimum Gasteiger partial charge on any atom is -0.353 e. The molecule has 3 rings (SSSR count). The maximum Gasteiger partial charge on any atom is 0.418 e. The highest BCUT2D eigenvalue weighted by atomic mass is 19.4. The molecule has 2 aromatic rings. The van der Waals surface area contributed by atoms with Gasteiger partial charge in [0, 0.05) is 42.6 Å². The average Bonchev–Trinajstić information content (AvgIpc) is 2.71. The lowest BCUT2D eigenvalue weighted by Crippen LogP contribution is -2.57. The van der Waals surface area contributed by atoms with Crippen LogP contribution >= 0.6 is 0 Å². The maximum absolute atomic E-state index is 13.7. The Morgan fingerprint density at radius 3 is 2.55 bits per heavy atom.